The summed E-state index contributed by atoms with van der Waals surface area (Å²) in [7, 11) is -3.68. The first-order chi connectivity index (χ1) is 8.40. The Bertz CT molecular complexity index is 679. The van der Waals surface area contributed by atoms with Gasteiger partial charge in [0.2, 0.25) is 0 Å². The summed E-state index contributed by atoms with van der Waals surface area (Å²) in [5.74, 6) is -0.100. The summed E-state index contributed by atoms with van der Waals surface area (Å²) >= 11 is 4.28. The number of hydrogen-bond donors (Lipinski definition) is 2. The second kappa shape index (κ2) is 4.91. The van der Waals surface area contributed by atoms with Crippen LogP contribution in [0, 0.1) is 6.92 Å². The molecule has 0 unspecified atom stereocenters. The molecular weight excluding hydrogens is 338 g/mol. The number of aromatic hydroxyl groups is 1. The third-order valence-electron chi connectivity index (χ3n) is 2.22. The Labute approximate surface area is 117 Å². The van der Waals surface area contributed by atoms with Gasteiger partial charge in [-0.15, -0.1) is 11.3 Å². The number of benzene rings is 1. The summed E-state index contributed by atoms with van der Waals surface area (Å²) in [6.07, 6.45) is 0. The molecule has 0 aliphatic carbocycles. The Kier molecular flexibility index (Phi) is 3.65. The van der Waals surface area contributed by atoms with E-state index in [1.54, 1.807) is 23.6 Å². The molecule has 2 aromatic rings. The van der Waals surface area contributed by atoms with Gasteiger partial charge < -0.3 is 5.11 Å². The van der Waals surface area contributed by atoms with Crippen molar-refractivity contribution < 1.29 is 13.5 Å². The molecule has 0 spiro atoms. The van der Waals surface area contributed by atoms with Crippen molar-refractivity contribution in [3.63, 3.8) is 0 Å². The number of phenols is 1. The van der Waals surface area contributed by atoms with Gasteiger partial charge in [0, 0.05) is 4.47 Å². The highest BCUT2D eigenvalue weighted by atomic mass is 79.9. The van der Waals surface area contributed by atoms with Crippen molar-refractivity contribution in [1.82, 2.24) is 0 Å². The molecule has 18 heavy (non-hydrogen) atoms. The van der Waals surface area contributed by atoms with E-state index in [1.165, 1.54) is 6.07 Å². The Morgan fingerprint density at radius 3 is 2.67 bits per heavy atom. The summed E-state index contributed by atoms with van der Waals surface area (Å²) in [6.45, 7) is 1.82. The van der Waals surface area contributed by atoms with Crippen molar-refractivity contribution in [1.29, 1.82) is 0 Å². The quantitative estimate of drug-likeness (QED) is 0.837. The third kappa shape index (κ3) is 2.68. The van der Waals surface area contributed by atoms with E-state index in [4.69, 9.17) is 0 Å². The number of nitrogens with one attached hydrogen (secondary N) is 1. The van der Waals surface area contributed by atoms with Crippen LogP contribution >= 0.6 is 27.3 Å². The van der Waals surface area contributed by atoms with Crippen molar-refractivity contribution in [2.45, 2.75) is 11.1 Å². The number of hydrogen-bond acceptors (Lipinski definition) is 4. The number of phenolic OH excluding ortho intramolecular Hbond substituents is 1. The van der Waals surface area contributed by atoms with Crippen LogP contribution in [0.25, 0.3) is 0 Å². The van der Waals surface area contributed by atoms with Crippen LogP contribution < -0.4 is 4.72 Å². The van der Waals surface area contributed by atoms with Gasteiger partial charge in [0.05, 0.1) is 5.69 Å². The smallest absolute Gasteiger partial charge is 0.272 e. The number of sulfonamides is 1. The number of rotatable bonds is 3. The molecule has 96 valence electrons. The summed E-state index contributed by atoms with van der Waals surface area (Å²) in [5.41, 5.74) is 1.03. The Balaban J connectivity index is 2.40. The maximum absolute atomic E-state index is 12.1. The average Bonchev–Trinajstić information content (AvgIpc) is 2.70. The Morgan fingerprint density at radius 1 is 1.33 bits per heavy atom. The zero-order chi connectivity index (χ0) is 13.3. The second-order valence-corrected chi connectivity index (χ2v) is 7.33. The predicted octanol–water partition coefficient (Wildman–Crippen LogP) is 3.33. The van der Waals surface area contributed by atoms with E-state index in [-0.39, 0.29) is 15.6 Å². The van der Waals surface area contributed by atoms with Crippen molar-refractivity contribution in [2.24, 2.45) is 0 Å². The molecule has 0 saturated heterocycles. The van der Waals surface area contributed by atoms with Gasteiger partial charge in [0.1, 0.15) is 5.75 Å². The van der Waals surface area contributed by atoms with Gasteiger partial charge in [-0.3, -0.25) is 4.72 Å². The molecule has 1 aromatic carbocycles. The van der Waals surface area contributed by atoms with Gasteiger partial charge in [-0.25, -0.2) is 8.42 Å². The second-order valence-electron chi connectivity index (χ2n) is 3.68. The van der Waals surface area contributed by atoms with Crippen LogP contribution in [0.1, 0.15) is 5.56 Å². The SMILES string of the molecule is Cc1ccc(O)c(NS(=O)(=O)c2sccc2Br)c1. The largest absolute Gasteiger partial charge is 0.506 e. The molecule has 2 rings (SSSR count). The van der Waals surface area contributed by atoms with E-state index in [2.05, 4.69) is 20.7 Å². The molecule has 0 fully saturated rings. The molecule has 0 saturated carbocycles. The number of aryl methyl sites for hydroxylation is 1. The molecule has 1 aromatic heterocycles. The van der Waals surface area contributed by atoms with Gasteiger partial charge in [-0.1, -0.05) is 6.07 Å². The minimum absolute atomic E-state index is 0.100. The van der Waals surface area contributed by atoms with E-state index >= 15 is 0 Å². The van der Waals surface area contributed by atoms with E-state index in [1.807, 2.05) is 6.92 Å². The lowest BCUT2D eigenvalue weighted by Gasteiger charge is -2.09. The molecule has 0 aliphatic heterocycles. The first-order valence-corrected chi connectivity index (χ1v) is 8.11. The van der Waals surface area contributed by atoms with Crippen LogP contribution in [-0.2, 0) is 10.0 Å². The van der Waals surface area contributed by atoms with E-state index in [0.717, 1.165) is 16.9 Å². The standard InChI is InChI=1S/C11H10BrNO3S2/c1-7-2-3-10(14)9(6-7)13-18(15,16)11-8(12)4-5-17-11/h2-6,13-14H,1H3. The lowest BCUT2D eigenvalue weighted by molar-refractivity contribution is 0.477. The van der Waals surface area contributed by atoms with Crippen molar-refractivity contribution in [3.8, 4) is 5.75 Å². The Morgan fingerprint density at radius 2 is 2.06 bits per heavy atom. The zero-order valence-electron chi connectivity index (χ0n) is 9.34. The van der Waals surface area contributed by atoms with Gasteiger partial charge >= 0.3 is 0 Å². The van der Waals surface area contributed by atoms with Crippen molar-refractivity contribution in [2.75, 3.05) is 4.72 Å². The van der Waals surface area contributed by atoms with Crippen LogP contribution in [0.3, 0.4) is 0 Å². The van der Waals surface area contributed by atoms with E-state index in [9.17, 15) is 13.5 Å². The van der Waals surface area contributed by atoms with Crippen LogP contribution in [0.5, 0.6) is 5.75 Å². The normalized spacial score (nSPS) is 11.4. The molecule has 1 heterocycles. The molecule has 4 nitrogen and oxygen atoms in total. The fourth-order valence-electron chi connectivity index (χ4n) is 1.39. The minimum atomic E-state index is -3.68. The maximum atomic E-state index is 12.1. The van der Waals surface area contributed by atoms with Gasteiger partial charge in [0.25, 0.3) is 10.0 Å². The topological polar surface area (TPSA) is 66.4 Å². The molecule has 2 N–H and O–H groups in total. The van der Waals surface area contributed by atoms with Crippen molar-refractivity contribution >= 4 is 43.0 Å². The fraction of sp³-hybridized carbons (Fsp3) is 0.0909. The molecule has 0 bridgehead atoms. The third-order valence-corrected chi connectivity index (χ3v) is 6.26. The summed E-state index contributed by atoms with van der Waals surface area (Å²) in [6, 6.07) is 6.40. The summed E-state index contributed by atoms with van der Waals surface area (Å²) in [5, 5.41) is 11.3. The highest BCUT2D eigenvalue weighted by Crippen LogP contribution is 2.32. The van der Waals surface area contributed by atoms with Gasteiger partial charge in [0.15, 0.2) is 4.21 Å². The molecule has 0 radical (unpaired) electrons. The molecule has 0 amide bonds. The van der Waals surface area contributed by atoms with Crippen LogP contribution in [0.4, 0.5) is 5.69 Å². The molecule has 0 aliphatic rings. The van der Waals surface area contributed by atoms with Crippen LogP contribution in [0.2, 0.25) is 0 Å². The number of halogens is 1. The zero-order valence-corrected chi connectivity index (χ0v) is 12.6. The maximum Gasteiger partial charge on any atom is 0.272 e. The lowest BCUT2D eigenvalue weighted by atomic mass is 10.2. The van der Waals surface area contributed by atoms with E-state index < -0.39 is 10.0 Å². The average molecular weight is 348 g/mol. The van der Waals surface area contributed by atoms with Crippen LogP contribution in [0.15, 0.2) is 38.3 Å². The van der Waals surface area contributed by atoms with E-state index in [0.29, 0.717) is 4.47 Å². The highest BCUT2D eigenvalue weighted by Gasteiger charge is 2.20. The molecule has 7 heteroatoms. The Hall–Kier alpha value is -1.05. The monoisotopic (exact) mass is 347 g/mol. The fourth-order valence-corrected chi connectivity index (χ4v) is 4.80. The first kappa shape index (κ1) is 13.4. The summed E-state index contributed by atoms with van der Waals surface area (Å²) < 4.78 is 27.3. The predicted molar refractivity (Wildman–Crippen MR) is 75.7 cm³/mol. The number of anilines is 1. The number of thiophene rings is 1. The lowest BCUT2D eigenvalue weighted by Crippen LogP contribution is -2.12. The van der Waals surface area contributed by atoms with Gasteiger partial charge in [-0.05, 0) is 52.0 Å². The van der Waals surface area contributed by atoms with Crippen molar-refractivity contribution in [3.05, 3.63) is 39.7 Å². The molecule has 0 atom stereocenters. The van der Waals surface area contributed by atoms with Gasteiger partial charge in [-0.2, -0.15) is 0 Å². The molecular formula is C11H10BrNO3S2. The summed E-state index contributed by atoms with van der Waals surface area (Å²) in [4.78, 5) is 0. The first-order valence-electron chi connectivity index (χ1n) is 4.95. The highest BCUT2D eigenvalue weighted by molar-refractivity contribution is 9.10. The minimum Gasteiger partial charge on any atom is -0.506 e. The van der Waals surface area contributed by atoms with Crippen LogP contribution in [-0.4, -0.2) is 13.5 Å².